The number of nitriles is 1. The van der Waals surface area contributed by atoms with Crippen LogP contribution in [0.25, 0.3) is 6.08 Å². The van der Waals surface area contributed by atoms with E-state index in [9.17, 15) is 9.59 Å². The molecular formula is C17H13ClN2O3S. The van der Waals surface area contributed by atoms with Gasteiger partial charge in [0.2, 0.25) is 0 Å². The molecule has 0 radical (unpaired) electrons. The number of carbonyl (C=O) groups excluding carboxylic acids is 2. The quantitative estimate of drug-likeness (QED) is 0.650. The Labute approximate surface area is 148 Å². The zero-order valence-corrected chi connectivity index (χ0v) is 14.3. The molecule has 5 nitrogen and oxygen atoms in total. The van der Waals surface area contributed by atoms with Crippen LogP contribution in [0.2, 0.25) is 5.02 Å². The van der Waals surface area contributed by atoms with Gasteiger partial charge in [-0.25, -0.2) is 4.79 Å². The maximum atomic E-state index is 11.8. The number of ether oxygens (including phenoxy) is 1. The van der Waals surface area contributed by atoms with Crippen LogP contribution in [0.15, 0.2) is 35.7 Å². The van der Waals surface area contributed by atoms with Crippen molar-refractivity contribution in [1.29, 1.82) is 5.26 Å². The number of carbonyl (C=O) groups is 2. The maximum absolute atomic E-state index is 11.8. The third-order valence-corrected chi connectivity index (χ3v) is 4.29. The molecule has 1 heterocycles. The van der Waals surface area contributed by atoms with E-state index in [0.717, 1.165) is 10.4 Å². The predicted molar refractivity (Wildman–Crippen MR) is 93.8 cm³/mol. The standard InChI is InChI=1S/C17H13ClN2O3S/c1-11-6-7-24-15(11)4-5-17(22)23-10-16(21)20-13-3-2-12(9-19)14(18)8-13/h2-8H,10H2,1H3,(H,20,21)/b5-4+. The highest BCUT2D eigenvalue weighted by Crippen LogP contribution is 2.20. The van der Waals surface area contributed by atoms with Gasteiger partial charge in [-0.05, 0) is 48.2 Å². The lowest BCUT2D eigenvalue weighted by molar-refractivity contribution is -0.142. The summed E-state index contributed by atoms with van der Waals surface area (Å²) in [6, 6.07) is 8.37. The van der Waals surface area contributed by atoms with E-state index in [0.29, 0.717) is 11.3 Å². The van der Waals surface area contributed by atoms with E-state index in [1.165, 1.54) is 29.5 Å². The molecule has 0 bridgehead atoms. The van der Waals surface area contributed by atoms with Gasteiger partial charge in [0.05, 0.1) is 10.6 Å². The average molecular weight is 361 g/mol. The van der Waals surface area contributed by atoms with Crippen molar-refractivity contribution in [2.24, 2.45) is 0 Å². The van der Waals surface area contributed by atoms with Crippen molar-refractivity contribution >= 4 is 46.6 Å². The maximum Gasteiger partial charge on any atom is 0.331 e. The van der Waals surface area contributed by atoms with E-state index >= 15 is 0 Å². The second kappa shape index (κ2) is 8.29. The highest BCUT2D eigenvalue weighted by Gasteiger charge is 2.08. The van der Waals surface area contributed by atoms with Crippen molar-refractivity contribution in [2.45, 2.75) is 6.92 Å². The summed E-state index contributed by atoms with van der Waals surface area (Å²) in [5.41, 5.74) is 1.80. The van der Waals surface area contributed by atoms with E-state index in [-0.39, 0.29) is 5.02 Å². The third-order valence-electron chi connectivity index (χ3n) is 2.99. The Hall–Kier alpha value is -2.62. The van der Waals surface area contributed by atoms with E-state index in [1.807, 2.05) is 24.4 Å². The predicted octanol–water partition coefficient (Wildman–Crippen LogP) is 3.78. The number of aryl methyl sites for hydroxylation is 1. The third kappa shape index (κ3) is 4.95. The first-order valence-corrected chi connectivity index (χ1v) is 8.14. The minimum absolute atomic E-state index is 0.238. The van der Waals surface area contributed by atoms with Gasteiger partial charge in [-0.2, -0.15) is 5.26 Å². The summed E-state index contributed by atoms with van der Waals surface area (Å²) in [5, 5.41) is 13.5. The Bertz CT molecular complexity index is 837. The zero-order chi connectivity index (χ0) is 17.5. The van der Waals surface area contributed by atoms with Crippen LogP contribution in [0.4, 0.5) is 5.69 Å². The van der Waals surface area contributed by atoms with E-state index in [1.54, 1.807) is 12.1 Å². The summed E-state index contributed by atoms with van der Waals surface area (Å²) in [4.78, 5) is 24.3. The van der Waals surface area contributed by atoms with Gasteiger partial charge in [-0.1, -0.05) is 11.6 Å². The normalized spacial score (nSPS) is 10.4. The molecule has 122 valence electrons. The van der Waals surface area contributed by atoms with Crippen LogP contribution >= 0.6 is 22.9 Å². The number of esters is 1. The first-order valence-electron chi connectivity index (χ1n) is 6.88. The SMILES string of the molecule is Cc1ccsc1/C=C/C(=O)OCC(=O)Nc1ccc(C#N)c(Cl)c1. The van der Waals surface area contributed by atoms with Gasteiger partial charge in [0, 0.05) is 16.6 Å². The van der Waals surface area contributed by atoms with Gasteiger partial charge in [-0.15, -0.1) is 11.3 Å². The second-order valence-electron chi connectivity index (χ2n) is 4.76. The zero-order valence-electron chi connectivity index (χ0n) is 12.7. The fraction of sp³-hybridized carbons (Fsp3) is 0.118. The van der Waals surface area contributed by atoms with Gasteiger partial charge in [0.15, 0.2) is 6.61 Å². The molecule has 2 rings (SSSR count). The largest absolute Gasteiger partial charge is 0.452 e. The van der Waals surface area contributed by atoms with Crippen LogP contribution in [-0.2, 0) is 14.3 Å². The molecule has 1 aromatic carbocycles. The number of nitrogens with one attached hydrogen (secondary N) is 1. The molecule has 2 aromatic rings. The van der Waals surface area contributed by atoms with Crippen molar-refractivity contribution < 1.29 is 14.3 Å². The molecule has 0 aliphatic rings. The van der Waals surface area contributed by atoms with Crippen LogP contribution in [-0.4, -0.2) is 18.5 Å². The lowest BCUT2D eigenvalue weighted by atomic mass is 10.2. The van der Waals surface area contributed by atoms with Crippen LogP contribution in [0.3, 0.4) is 0 Å². The van der Waals surface area contributed by atoms with Gasteiger partial charge < -0.3 is 10.1 Å². The molecular weight excluding hydrogens is 348 g/mol. The molecule has 0 fully saturated rings. The summed E-state index contributed by atoms with van der Waals surface area (Å²) in [7, 11) is 0. The van der Waals surface area contributed by atoms with E-state index < -0.39 is 18.5 Å². The van der Waals surface area contributed by atoms with Crippen LogP contribution in [0.5, 0.6) is 0 Å². The number of halogens is 1. The van der Waals surface area contributed by atoms with Crippen molar-refractivity contribution in [3.8, 4) is 6.07 Å². The summed E-state index contributed by atoms with van der Waals surface area (Å²) in [5.74, 6) is -1.10. The minimum Gasteiger partial charge on any atom is -0.452 e. The first kappa shape index (κ1) is 17.7. The van der Waals surface area contributed by atoms with Crippen molar-refractivity contribution in [2.75, 3.05) is 11.9 Å². The monoisotopic (exact) mass is 360 g/mol. The van der Waals surface area contributed by atoms with Crippen LogP contribution < -0.4 is 5.32 Å². The van der Waals surface area contributed by atoms with Crippen LogP contribution in [0.1, 0.15) is 16.0 Å². The molecule has 0 atom stereocenters. The number of amides is 1. The fourth-order valence-corrected chi connectivity index (χ4v) is 2.81. The molecule has 0 aliphatic carbocycles. The summed E-state index contributed by atoms with van der Waals surface area (Å²) in [6.07, 6.45) is 2.94. The lowest BCUT2D eigenvalue weighted by Gasteiger charge is -2.06. The number of rotatable bonds is 5. The van der Waals surface area contributed by atoms with E-state index in [2.05, 4.69) is 5.32 Å². The first-order chi connectivity index (χ1) is 11.5. The Morgan fingerprint density at radius 3 is 2.83 bits per heavy atom. The minimum atomic E-state index is -0.601. The number of hydrogen-bond donors (Lipinski definition) is 1. The topological polar surface area (TPSA) is 79.2 Å². The Morgan fingerprint density at radius 2 is 2.21 bits per heavy atom. The number of nitrogens with zero attached hydrogens (tertiary/aromatic N) is 1. The highest BCUT2D eigenvalue weighted by atomic mass is 35.5. The number of hydrogen-bond acceptors (Lipinski definition) is 5. The second-order valence-corrected chi connectivity index (χ2v) is 6.12. The number of thiophene rings is 1. The summed E-state index contributed by atoms with van der Waals surface area (Å²) in [6.45, 7) is 1.53. The fourth-order valence-electron chi connectivity index (χ4n) is 1.76. The number of benzene rings is 1. The van der Waals surface area contributed by atoms with Gasteiger partial charge in [-0.3, -0.25) is 4.79 Å². The van der Waals surface area contributed by atoms with Crippen molar-refractivity contribution in [1.82, 2.24) is 0 Å². The number of anilines is 1. The lowest BCUT2D eigenvalue weighted by Crippen LogP contribution is -2.20. The molecule has 24 heavy (non-hydrogen) atoms. The molecule has 0 aliphatic heterocycles. The summed E-state index contributed by atoms with van der Waals surface area (Å²) < 4.78 is 4.87. The summed E-state index contributed by atoms with van der Waals surface area (Å²) >= 11 is 7.39. The van der Waals surface area contributed by atoms with Gasteiger partial charge in [0.25, 0.3) is 5.91 Å². The molecule has 1 amide bonds. The molecule has 0 spiro atoms. The van der Waals surface area contributed by atoms with Gasteiger partial charge in [0.1, 0.15) is 6.07 Å². The smallest absolute Gasteiger partial charge is 0.331 e. The molecule has 0 saturated carbocycles. The molecule has 0 saturated heterocycles. The molecule has 7 heteroatoms. The van der Waals surface area contributed by atoms with Gasteiger partial charge >= 0.3 is 5.97 Å². The highest BCUT2D eigenvalue weighted by molar-refractivity contribution is 7.11. The van der Waals surface area contributed by atoms with Crippen LogP contribution in [0, 0.1) is 18.3 Å². The molecule has 0 unspecified atom stereocenters. The Balaban J connectivity index is 1.84. The average Bonchev–Trinajstić information content (AvgIpc) is 2.96. The molecule has 1 N–H and O–H groups in total. The van der Waals surface area contributed by atoms with Crippen molar-refractivity contribution in [3.63, 3.8) is 0 Å². The van der Waals surface area contributed by atoms with E-state index in [4.69, 9.17) is 21.6 Å². The Kier molecular flexibility index (Phi) is 6.13. The van der Waals surface area contributed by atoms with Crippen molar-refractivity contribution in [3.05, 3.63) is 56.7 Å². The molecule has 1 aromatic heterocycles. The Morgan fingerprint density at radius 1 is 1.42 bits per heavy atom.